The Balaban J connectivity index is 2.39. The summed E-state index contributed by atoms with van der Waals surface area (Å²) in [6.07, 6.45) is 6.09. The van der Waals surface area contributed by atoms with E-state index in [2.05, 4.69) is 4.98 Å². The van der Waals surface area contributed by atoms with Crippen LogP contribution in [0.1, 0.15) is 25.7 Å². The summed E-state index contributed by atoms with van der Waals surface area (Å²) in [5, 5.41) is 9.57. The van der Waals surface area contributed by atoms with E-state index in [0.29, 0.717) is 13.0 Å². The summed E-state index contributed by atoms with van der Waals surface area (Å²) in [5.74, 6) is 0. The molecule has 1 fully saturated rings. The molecule has 1 aromatic rings. The van der Waals surface area contributed by atoms with Crippen LogP contribution in [0.4, 0.5) is 0 Å². The molecule has 0 aromatic carbocycles. The molecule has 2 rings (SSSR count). The molecule has 2 heterocycles. The van der Waals surface area contributed by atoms with Crippen molar-refractivity contribution in [3.8, 4) is 0 Å². The van der Waals surface area contributed by atoms with Crippen LogP contribution in [0.15, 0.2) is 23.4 Å². The second-order valence-electron chi connectivity index (χ2n) is 4.61. The monoisotopic (exact) mass is 304 g/mol. The van der Waals surface area contributed by atoms with Gasteiger partial charge in [-0.3, -0.25) is 4.98 Å². The summed E-state index contributed by atoms with van der Waals surface area (Å²) in [6, 6.07) is 1.09. The van der Waals surface area contributed by atoms with Gasteiger partial charge in [-0.15, -0.1) is 0 Å². The Bertz CT molecular complexity index is 536. The van der Waals surface area contributed by atoms with Crippen LogP contribution in [0, 0.1) is 0 Å². The fourth-order valence-corrected chi connectivity index (χ4v) is 4.42. The van der Waals surface area contributed by atoms with Crippen LogP contribution in [0.5, 0.6) is 0 Å². The van der Waals surface area contributed by atoms with Gasteiger partial charge in [0.1, 0.15) is 4.90 Å². The summed E-state index contributed by atoms with van der Waals surface area (Å²) in [6.45, 7) is 0.246. The lowest BCUT2D eigenvalue weighted by Crippen LogP contribution is -2.42. The zero-order chi connectivity index (χ0) is 13.9. The molecule has 5 nitrogen and oxygen atoms in total. The number of aliphatic hydroxyl groups excluding tert-OH is 1. The number of nitrogens with zero attached hydrogens (tertiary/aromatic N) is 2. The number of pyridine rings is 1. The largest absolute Gasteiger partial charge is 0.395 e. The molecular formula is C12H17ClN2O3S. The van der Waals surface area contributed by atoms with E-state index in [1.54, 1.807) is 0 Å². The fourth-order valence-electron chi connectivity index (χ4n) is 2.33. The van der Waals surface area contributed by atoms with Gasteiger partial charge in [-0.2, -0.15) is 4.31 Å². The number of sulfonamides is 1. The molecule has 1 saturated heterocycles. The Hall–Kier alpha value is -0.690. The Morgan fingerprint density at radius 2 is 2.21 bits per heavy atom. The molecule has 1 aliphatic heterocycles. The molecule has 106 valence electrons. The Morgan fingerprint density at radius 1 is 1.42 bits per heavy atom. The van der Waals surface area contributed by atoms with Gasteiger partial charge in [0.05, 0.1) is 11.6 Å². The Morgan fingerprint density at radius 3 is 2.89 bits per heavy atom. The first-order chi connectivity index (χ1) is 9.07. The van der Waals surface area contributed by atoms with Crippen LogP contribution in [0.2, 0.25) is 5.02 Å². The first-order valence-electron chi connectivity index (χ1n) is 6.29. The van der Waals surface area contributed by atoms with E-state index in [0.717, 1.165) is 19.3 Å². The lowest BCUT2D eigenvalue weighted by molar-refractivity contribution is 0.186. The topological polar surface area (TPSA) is 70.5 Å². The molecule has 1 N–H and O–H groups in total. The van der Waals surface area contributed by atoms with Gasteiger partial charge in [-0.1, -0.05) is 24.4 Å². The highest BCUT2D eigenvalue weighted by atomic mass is 35.5. The first kappa shape index (κ1) is 14.7. The van der Waals surface area contributed by atoms with Gasteiger partial charge in [0, 0.05) is 25.0 Å². The lowest BCUT2D eigenvalue weighted by atomic mass is 10.1. The molecule has 0 spiro atoms. The van der Waals surface area contributed by atoms with E-state index in [4.69, 9.17) is 11.6 Å². The van der Waals surface area contributed by atoms with Gasteiger partial charge in [0.15, 0.2) is 0 Å². The molecule has 0 amide bonds. The lowest BCUT2D eigenvalue weighted by Gasteiger charge is -2.27. The van der Waals surface area contributed by atoms with Gasteiger partial charge in [-0.25, -0.2) is 8.42 Å². The van der Waals surface area contributed by atoms with Crippen LogP contribution >= 0.6 is 11.6 Å². The minimum Gasteiger partial charge on any atom is -0.395 e. The van der Waals surface area contributed by atoms with Crippen molar-refractivity contribution in [2.24, 2.45) is 0 Å². The highest BCUT2D eigenvalue weighted by molar-refractivity contribution is 7.89. The van der Waals surface area contributed by atoms with Crippen LogP contribution in [-0.4, -0.2) is 42.0 Å². The average Bonchev–Trinajstić information content (AvgIpc) is 2.64. The molecule has 0 saturated carbocycles. The van der Waals surface area contributed by atoms with Crippen molar-refractivity contribution < 1.29 is 13.5 Å². The predicted molar refractivity (Wildman–Crippen MR) is 72.5 cm³/mol. The van der Waals surface area contributed by atoms with Crippen LogP contribution < -0.4 is 0 Å². The third kappa shape index (κ3) is 3.08. The van der Waals surface area contributed by atoms with E-state index >= 15 is 0 Å². The van der Waals surface area contributed by atoms with E-state index in [9.17, 15) is 13.5 Å². The van der Waals surface area contributed by atoms with Crippen molar-refractivity contribution in [2.45, 2.75) is 36.6 Å². The zero-order valence-corrected chi connectivity index (χ0v) is 12.1. The normalized spacial score (nSPS) is 22.1. The first-order valence-corrected chi connectivity index (χ1v) is 8.11. The minimum absolute atomic E-state index is 0.0111. The minimum atomic E-state index is -3.70. The molecule has 0 radical (unpaired) electrons. The quantitative estimate of drug-likeness (QED) is 0.922. The van der Waals surface area contributed by atoms with Crippen LogP contribution in [-0.2, 0) is 10.0 Å². The standard InChI is InChI=1S/C12H17ClN2O3S/c13-11-5-6-14-8-12(11)19(17,18)15-7-3-1-2-4-10(15)9-16/h5-6,8,10,16H,1-4,7,9H2. The Kier molecular flexibility index (Phi) is 4.78. The van der Waals surface area contributed by atoms with Crippen molar-refractivity contribution in [3.63, 3.8) is 0 Å². The number of hydrogen-bond donors (Lipinski definition) is 1. The molecule has 1 atom stereocenters. The smallest absolute Gasteiger partial charge is 0.246 e. The van der Waals surface area contributed by atoms with Crippen molar-refractivity contribution in [3.05, 3.63) is 23.5 Å². The molecule has 1 unspecified atom stereocenters. The molecule has 0 bridgehead atoms. The Labute approximate surface area is 118 Å². The highest BCUT2D eigenvalue weighted by Crippen LogP contribution is 2.28. The van der Waals surface area contributed by atoms with E-state index in [1.165, 1.54) is 22.8 Å². The molecule has 1 aliphatic rings. The number of aromatic nitrogens is 1. The summed E-state index contributed by atoms with van der Waals surface area (Å²) in [4.78, 5) is 3.84. The molecule has 19 heavy (non-hydrogen) atoms. The number of halogens is 1. The number of hydrogen-bond acceptors (Lipinski definition) is 4. The van der Waals surface area contributed by atoms with Gasteiger partial charge in [0.2, 0.25) is 10.0 Å². The fraction of sp³-hybridized carbons (Fsp3) is 0.583. The third-order valence-electron chi connectivity index (χ3n) is 3.35. The van der Waals surface area contributed by atoms with Gasteiger partial charge in [-0.05, 0) is 18.9 Å². The van der Waals surface area contributed by atoms with Crippen molar-refractivity contribution in [1.29, 1.82) is 0 Å². The number of aliphatic hydroxyl groups is 1. The summed E-state index contributed by atoms with van der Waals surface area (Å²) in [7, 11) is -3.70. The maximum absolute atomic E-state index is 12.6. The molecule has 1 aromatic heterocycles. The average molecular weight is 305 g/mol. The summed E-state index contributed by atoms with van der Waals surface area (Å²) < 4.78 is 26.6. The van der Waals surface area contributed by atoms with Crippen molar-refractivity contribution >= 4 is 21.6 Å². The summed E-state index contributed by atoms with van der Waals surface area (Å²) >= 11 is 5.95. The van der Waals surface area contributed by atoms with Crippen LogP contribution in [0.25, 0.3) is 0 Å². The predicted octanol–water partition coefficient (Wildman–Crippen LogP) is 1.66. The highest BCUT2D eigenvalue weighted by Gasteiger charge is 2.33. The van der Waals surface area contributed by atoms with Gasteiger partial charge in [0.25, 0.3) is 0 Å². The van der Waals surface area contributed by atoms with Crippen molar-refractivity contribution in [2.75, 3.05) is 13.2 Å². The molecular weight excluding hydrogens is 288 g/mol. The molecule has 0 aliphatic carbocycles. The zero-order valence-electron chi connectivity index (χ0n) is 10.5. The van der Waals surface area contributed by atoms with Gasteiger partial charge < -0.3 is 5.11 Å². The molecule has 7 heteroatoms. The van der Waals surface area contributed by atoms with E-state index < -0.39 is 10.0 Å². The van der Waals surface area contributed by atoms with E-state index in [1.807, 2.05) is 0 Å². The maximum atomic E-state index is 12.6. The number of rotatable bonds is 3. The second kappa shape index (κ2) is 6.17. The second-order valence-corrected chi connectivity index (χ2v) is 6.87. The summed E-state index contributed by atoms with van der Waals surface area (Å²) in [5.41, 5.74) is 0. The third-order valence-corrected chi connectivity index (χ3v) is 5.78. The van der Waals surface area contributed by atoms with Crippen LogP contribution in [0.3, 0.4) is 0 Å². The van der Waals surface area contributed by atoms with Gasteiger partial charge >= 0.3 is 0 Å². The maximum Gasteiger partial charge on any atom is 0.246 e. The van der Waals surface area contributed by atoms with Crippen molar-refractivity contribution in [1.82, 2.24) is 9.29 Å². The SMILES string of the molecule is O=S(=O)(c1cnccc1Cl)N1CCCCCC1CO. The van der Waals surface area contributed by atoms with E-state index in [-0.39, 0.29) is 22.6 Å².